The number of alkyl halides is 2. The second-order valence-electron chi connectivity index (χ2n) is 6.93. The summed E-state index contributed by atoms with van der Waals surface area (Å²) in [6.07, 6.45) is -1.57. The lowest BCUT2D eigenvalue weighted by molar-refractivity contribution is -0.149. The maximum atomic E-state index is 13.2. The number of rotatable bonds is 16. The first-order valence-electron chi connectivity index (χ1n) is 10.7. The summed E-state index contributed by atoms with van der Waals surface area (Å²) in [6, 6.07) is 6.89. The molecule has 0 fully saturated rings. The largest absolute Gasteiger partial charge is 0.492 e. The van der Waals surface area contributed by atoms with Crippen LogP contribution in [0, 0.1) is 0 Å². The SMILES string of the molecule is CCOC(=O)N(CCOCC(F)(F)CC)CCOc1ccc(CC(OCC)C(=O)O)cc1. The van der Waals surface area contributed by atoms with Crippen LogP contribution < -0.4 is 4.74 Å². The summed E-state index contributed by atoms with van der Waals surface area (Å²) in [5, 5.41) is 9.16. The molecule has 0 aliphatic heterocycles. The Hall–Kier alpha value is -2.46. The van der Waals surface area contributed by atoms with E-state index in [0.29, 0.717) is 12.4 Å². The summed E-state index contributed by atoms with van der Waals surface area (Å²) in [6.45, 7) is 4.96. The molecule has 1 unspecified atom stereocenters. The van der Waals surface area contributed by atoms with Crippen molar-refractivity contribution in [3.8, 4) is 5.75 Å². The van der Waals surface area contributed by atoms with E-state index in [1.54, 1.807) is 38.1 Å². The molecule has 182 valence electrons. The van der Waals surface area contributed by atoms with E-state index in [2.05, 4.69) is 0 Å². The quantitative estimate of drug-likeness (QED) is 0.376. The second kappa shape index (κ2) is 14.6. The van der Waals surface area contributed by atoms with Gasteiger partial charge in [-0.15, -0.1) is 0 Å². The van der Waals surface area contributed by atoms with Gasteiger partial charge in [-0.2, -0.15) is 0 Å². The van der Waals surface area contributed by atoms with Crippen LogP contribution in [0.1, 0.15) is 32.8 Å². The first-order valence-corrected chi connectivity index (χ1v) is 10.7. The molecule has 0 aliphatic carbocycles. The van der Waals surface area contributed by atoms with Crippen molar-refractivity contribution in [2.75, 3.05) is 46.1 Å². The van der Waals surface area contributed by atoms with E-state index < -0.39 is 30.7 Å². The molecule has 0 saturated carbocycles. The van der Waals surface area contributed by atoms with Gasteiger partial charge in [-0.05, 0) is 31.5 Å². The number of aliphatic carboxylic acids is 1. The summed E-state index contributed by atoms with van der Waals surface area (Å²) in [4.78, 5) is 24.6. The molecule has 8 nitrogen and oxygen atoms in total. The Kier molecular flexibility index (Phi) is 12.6. The molecule has 0 aromatic heterocycles. The van der Waals surface area contributed by atoms with Gasteiger partial charge in [0.25, 0.3) is 5.92 Å². The zero-order valence-corrected chi connectivity index (χ0v) is 18.9. The molecular weight excluding hydrogens is 428 g/mol. The number of carbonyl (C=O) groups is 2. The maximum absolute atomic E-state index is 13.2. The zero-order chi connectivity index (χ0) is 24.0. The van der Waals surface area contributed by atoms with Gasteiger partial charge < -0.3 is 29.0 Å². The van der Waals surface area contributed by atoms with Crippen LogP contribution in [0.4, 0.5) is 13.6 Å². The third-order valence-corrected chi connectivity index (χ3v) is 4.48. The summed E-state index contributed by atoms with van der Waals surface area (Å²) < 4.78 is 47.3. The monoisotopic (exact) mass is 461 g/mol. The summed E-state index contributed by atoms with van der Waals surface area (Å²) in [7, 11) is 0. The molecule has 0 spiro atoms. The number of carboxylic acids is 1. The van der Waals surface area contributed by atoms with E-state index in [1.165, 1.54) is 11.8 Å². The molecule has 0 aliphatic rings. The van der Waals surface area contributed by atoms with Crippen LogP contribution in [0.2, 0.25) is 0 Å². The molecule has 0 heterocycles. The Morgan fingerprint density at radius 1 is 1.06 bits per heavy atom. The van der Waals surface area contributed by atoms with Gasteiger partial charge in [0.15, 0.2) is 6.10 Å². The molecular formula is C22H33F2NO7. The molecule has 1 aromatic rings. The number of halogens is 2. The van der Waals surface area contributed by atoms with Gasteiger partial charge in [0.2, 0.25) is 0 Å². The fraction of sp³-hybridized carbons (Fsp3) is 0.636. The first-order chi connectivity index (χ1) is 15.2. The fourth-order valence-electron chi connectivity index (χ4n) is 2.64. The molecule has 0 saturated heterocycles. The van der Waals surface area contributed by atoms with Crippen molar-refractivity contribution in [3.63, 3.8) is 0 Å². The van der Waals surface area contributed by atoms with Crippen molar-refractivity contribution in [3.05, 3.63) is 29.8 Å². The zero-order valence-electron chi connectivity index (χ0n) is 18.9. The summed E-state index contributed by atoms with van der Waals surface area (Å²) in [5.41, 5.74) is 0.785. The lowest BCUT2D eigenvalue weighted by atomic mass is 10.1. The van der Waals surface area contributed by atoms with Crippen molar-refractivity contribution < 1.29 is 42.4 Å². The van der Waals surface area contributed by atoms with E-state index in [4.69, 9.17) is 24.1 Å². The van der Waals surface area contributed by atoms with Crippen LogP contribution in [0.5, 0.6) is 5.75 Å². The predicted octanol–water partition coefficient (Wildman–Crippen LogP) is 3.62. The minimum atomic E-state index is -2.89. The number of ether oxygens (including phenoxy) is 4. The number of carbonyl (C=O) groups excluding carboxylic acids is 1. The maximum Gasteiger partial charge on any atom is 0.409 e. The van der Waals surface area contributed by atoms with Crippen molar-refractivity contribution in [2.45, 2.75) is 45.6 Å². The highest BCUT2D eigenvalue weighted by molar-refractivity contribution is 5.72. The normalized spacial score (nSPS) is 12.3. The van der Waals surface area contributed by atoms with Crippen molar-refractivity contribution in [2.24, 2.45) is 0 Å². The highest BCUT2D eigenvalue weighted by Crippen LogP contribution is 2.18. The van der Waals surface area contributed by atoms with Gasteiger partial charge in [-0.25, -0.2) is 18.4 Å². The number of benzene rings is 1. The Morgan fingerprint density at radius 3 is 2.28 bits per heavy atom. The van der Waals surface area contributed by atoms with Crippen LogP contribution in [-0.2, 0) is 25.4 Å². The third kappa shape index (κ3) is 10.7. The van der Waals surface area contributed by atoms with E-state index in [9.17, 15) is 18.4 Å². The molecule has 1 rings (SSSR count). The first kappa shape index (κ1) is 27.6. The van der Waals surface area contributed by atoms with Gasteiger partial charge in [-0.3, -0.25) is 0 Å². The minimum absolute atomic E-state index is 0.0479. The smallest absolute Gasteiger partial charge is 0.409 e. The van der Waals surface area contributed by atoms with Gasteiger partial charge in [0.05, 0.1) is 19.8 Å². The number of hydrogen-bond acceptors (Lipinski definition) is 6. The van der Waals surface area contributed by atoms with E-state index in [0.717, 1.165) is 5.56 Å². The molecule has 0 bridgehead atoms. The highest BCUT2D eigenvalue weighted by atomic mass is 19.3. The molecule has 1 aromatic carbocycles. The predicted molar refractivity (Wildman–Crippen MR) is 113 cm³/mol. The molecule has 1 amide bonds. The molecule has 0 radical (unpaired) electrons. The fourth-order valence-corrected chi connectivity index (χ4v) is 2.64. The van der Waals surface area contributed by atoms with Gasteiger partial charge >= 0.3 is 12.1 Å². The summed E-state index contributed by atoms with van der Waals surface area (Å²) in [5.74, 6) is -3.37. The average molecular weight is 462 g/mol. The highest BCUT2D eigenvalue weighted by Gasteiger charge is 2.26. The standard InChI is InChI=1S/C22H33F2NO7/c1-4-22(23,24)16-29-13-11-25(21(28)31-6-3)12-14-32-18-9-7-17(8-10-18)15-19(20(26)27)30-5-2/h7-10,19H,4-6,11-16H2,1-3H3,(H,26,27). The van der Waals surface area contributed by atoms with Crippen molar-refractivity contribution in [1.29, 1.82) is 0 Å². The number of carboxylic acid groups (broad SMARTS) is 1. The minimum Gasteiger partial charge on any atom is -0.492 e. The van der Waals surface area contributed by atoms with Crippen LogP contribution in [0.15, 0.2) is 24.3 Å². The topological polar surface area (TPSA) is 94.5 Å². The van der Waals surface area contributed by atoms with E-state index in [1.807, 2.05) is 0 Å². The van der Waals surface area contributed by atoms with Crippen molar-refractivity contribution in [1.82, 2.24) is 4.90 Å². The Labute approximate surface area is 187 Å². The van der Waals surface area contributed by atoms with Gasteiger partial charge in [-0.1, -0.05) is 19.1 Å². The third-order valence-electron chi connectivity index (χ3n) is 4.48. The Balaban J connectivity index is 2.52. The second-order valence-corrected chi connectivity index (χ2v) is 6.93. The molecule has 10 heteroatoms. The number of hydrogen-bond donors (Lipinski definition) is 1. The molecule has 1 N–H and O–H groups in total. The van der Waals surface area contributed by atoms with Crippen LogP contribution in [-0.4, -0.2) is 80.2 Å². The van der Waals surface area contributed by atoms with E-state index in [-0.39, 0.29) is 45.8 Å². The van der Waals surface area contributed by atoms with Gasteiger partial charge in [0, 0.05) is 26.0 Å². The van der Waals surface area contributed by atoms with Crippen molar-refractivity contribution >= 4 is 12.1 Å². The summed E-state index contributed by atoms with van der Waals surface area (Å²) >= 11 is 0. The van der Waals surface area contributed by atoms with Crippen LogP contribution in [0.3, 0.4) is 0 Å². The molecule has 32 heavy (non-hydrogen) atoms. The lowest BCUT2D eigenvalue weighted by Gasteiger charge is -2.22. The van der Waals surface area contributed by atoms with E-state index >= 15 is 0 Å². The average Bonchev–Trinajstić information content (AvgIpc) is 2.76. The van der Waals surface area contributed by atoms with Gasteiger partial charge in [0.1, 0.15) is 19.0 Å². The Morgan fingerprint density at radius 2 is 1.72 bits per heavy atom. The number of nitrogens with zero attached hydrogens (tertiary/aromatic N) is 1. The van der Waals surface area contributed by atoms with Crippen LogP contribution >= 0.6 is 0 Å². The van der Waals surface area contributed by atoms with Crippen LogP contribution in [0.25, 0.3) is 0 Å². The number of amides is 1. The Bertz CT molecular complexity index is 685. The molecule has 1 atom stereocenters. The lowest BCUT2D eigenvalue weighted by Crippen LogP contribution is -2.38.